The van der Waals surface area contributed by atoms with Crippen LogP contribution in [0.4, 0.5) is 5.82 Å². The maximum Gasteiger partial charge on any atom is 0.103 e. The molecule has 0 radical (unpaired) electrons. The summed E-state index contributed by atoms with van der Waals surface area (Å²) < 4.78 is 0. The van der Waals surface area contributed by atoms with E-state index in [-0.39, 0.29) is 0 Å². The lowest BCUT2D eigenvalue weighted by Gasteiger charge is -1.95. The van der Waals surface area contributed by atoms with Crippen LogP contribution in [0, 0.1) is 0 Å². The van der Waals surface area contributed by atoms with Gasteiger partial charge in [-0.05, 0) is 24.5 Å². The number of nitrogens with one attached hydrogen (secondary N) is 1. The van der Waals surface area contributed by atoms with Crippen LogP contribution in [0.5, 0.6) is 0 Å². The fraction of sp³-hybridized carbons (Fsp3) is 0.500. The third-order valence-corrected chi connectivity index (χ3v) is 1.67. The van der Waals surface area contributed by atoms with Gasteiger partial charge in [0, 0.05) is 6.20 Å². The molecular formula is C8H14N2. The monoisotopic (exact) mass is 138 g/mol. The molecule has 0 bridgehead atoms. The highest BCUT2D eigenvalue weighted by Gasteiger charge is 1.96. The lowest BCUT2D eigenvalue weighted by molar-refractivity contribution is 0.797. The number of hydrogen-bond donors (Lipinski definition) is 2. The molecule has 2 nitrogen and oxygen atoms in total. The zero-order valence-corrected chi connectivity index (χ0v) is 6.35. The minimum atomic E-state index is 0.827. The second-order valence-corrected chi connectivity index (χ2v) is 2.52. The Kier molecular flexibility index (Phi) is 2.37. The molecule has 0 aromatic carbocycles. The van der Waals surface area contributed by atoms with Crippen molar-refractivity contribution in [1.82, 2.24) is 4.98 Å². The molecule has 0 fully saturated rings. The number of nitrogen functional groups attached to an aromatic ring is 1. The van der Waals surface area contributed by atoms with Gasteiger partial charge in [-0.25, -0.2) is 0 Å². The minimum absolute atomic E-state index is 0.827. The topological polar surface area (TPSA) is 41.8 Å². The van der Waals surface area contributed by atoms with Crippen LogP contribution in [0.2, 0.25) is 0 Å². The summed E-state index contributed by atoms with van der Waals surface area (Å²) in [4.78, 5) is 2.96. The second-order valence-electron chi connectivity index (χ2n) is 2.52. The van der Waals surface area contributed by atoms with Gasteiger partial charge in [-0.15, -0.1) is 0 Å². The fourth-order valence-corrected chi connectivity index (χ4v) is 1.000. The van der Waals surface area contributed by atoms with Crippen LogP contribution in [-0.4, -0.2) is 4.98 Å². The van der Waals surface area contributed by atoms with E-state index in [9.17, 15) is 0 Å². The van der Waals surface area contributed by atoms with Gasteiger partial charge in [0.15, 0.2) is 0 Å². The van der Waals surface area contributed by atoms with Crippen molar-refractivity contribution in [3.8, 4) is 0 Å². The molecule has 1 aromatic rings. The molecule has 0 amide bonds. The Balaban J connectivity index is 2.49. The van der Waals surface area contributed by atoms with Crippen LogP contribution < -0.4 is 5.73 Å². The lowest BCUT2D eigenvalue weighted by Crippen LogP contribution is -1.90. The molecule has 0 aliphatic rings. The van der Waals surface area contributed by atoms with Crippen molar-refractivity contribution in [3.63, 3.8) is 0 Å². The number of aromatic nitrogens is 1. The Morgan fingerprint density at radius 2 is 2.40 bits per heavy atom. The number of rotatable bonds is 3. The summed E-state index contributed by atoms with van der Waals surface area (Å²) in [5.74, 6) is 0.827. The van der Waals surface area contributed by atoms with Crippen molar-refractivity contribution in [2.75, 3.05) is 5.73 Å². The number of anilines is 1. The molecular weight excluding hydrogens is 124 g/mol. The molecule has 1 rings (SSSR count). The van der Waals surface area contributed by atoms with Gasteiger partial charge >= 0.3 is 0 Å². The third-order valence-electron chi connectivity index (χ3n) is 1.67. The third kappa shape index (κ3) is 1.53. The van der Waals surface area contributed by atoms with E-state index in [0.717, 1.165) is 12.2 Å². The van der Waals surface area contributed by atoms with E-state index in [1.165, 1.54) is 18.4 Å². The zero-order chi connectivity index (χ0) is 7.40. The molecule has 1 heterocycles. The molecule has 0 spiro atoms. The first-order valence-electron chi connectivity index (χ1n) is 3.76. The first-order chi connectivity index (χ1) is 4.84. The summed E-state index contributed by atoms with van der Waals surface area (Å²) in [6.45, 7) is 2.18. The predicted molar refractivity (Wildman–Crippen MR) is 43.8 cm³/mol. The summed E-state index contributed by atoms with van der Waals surface area (Å²) in [5, 5.41) is 0. The highest BCUT2D eigenvalue weighted by molar-refractivity contribution is 5.39. The van der Waals surface area contributed by atoms with E-state index in [0.29, 0.717) is 0 Å². The van der Waals surface area contributed by atoms with Crippen molar-refractivity contribution in [1.29, 1.82) is 0 Å². The average Bonchev–Trinajstić information content (AvgIpc) is 2.31. The average molecular weight is 138 g/mol. The van der Waals surface area contributed by atoms with Crippen LogP contribution in [-0.2, 0) is 6.42 Å². The molecule has 3 N–H and O–H groups in total. The maximum atomic E-state index is 5.63. The molecule has 2 heteroatoms. The number of hydrogen-bond acceptors (Lipinski definition) is 1. The second kappa shape index (κ2) is 3.30. The maximum absolute atomic E-state index is 5.63. The molecule has 1 aromatic heterocycles. The molecule has 56 valence electrons. The van der Waals surface area contributed by atoms with Crippen LogP contribution in [0.3, 0.4) is 0 Å². The Bertz CT molecular complexity index is 191. The Morgan fingerprint density at radius 1 is 1.60 bits per heavy atom. The summed E-state index contributed by atoms with van der Waals surface area (Å²) in [6, 6.07) is 2.05. The van der Waals surface area contributed by atoms with Gasteiger partial charge in [0.1, 0.15) is 5.82 Å². The van der Waals surface area contributed by atoms with Gasteiger partial charge in [-0.3, -0.25) is 0 Å². The standard InChI is InChI=1S/C8H14N2/c1-2-3-4-7-5-6-10-8(7)9/h5-6,10H,2-4,9H2,1H3. The summed E-state index contributed by atoms with van der Waals surface area (Å²) in [6.07, 6.45) is 5.44. The lowest BCUT2D eigenvalue weighted by atomic mass is 10.1. The highest BCUT2D eigenvalue weighted by atomic mass is 14.8. The van der Waals surface area contributed by atoms with E-state index in [1.807, 2.05) is 12.3 Å². The number of nitrogens with two attached hydrogens (primary N) is 1. The Labute approximate surface area is 61.4 Å². The van der Waals surface area contributed by atoms with Gasteiger partial charge in [-0.2, -0.15) is 0 Å². The van der Waals surface area contributed by atoms with Gasteiger partial charge in [0.2, 0.25) is 0 Å². The summed E-state index contributed by atoms with van der Waals surface area (Å²) in [7, 11) is 0. The molecule has 0 atom stereocenters. The van der Waals surface area contributed by atoms with Gasteiger partial charge in [-0.1, -0.05) is 13.3 Å². The quantitative estimate of drug-likeness (QED) is 0.658. The van der Waals surface area contributed by atoms with Crippen molar-refractivity contribution in [2.45, 2.75) is 26.2 Å². The zero-order valence-electron chi connectivity index (χ0n) is 6.35. The molecule has 0 aliphatic carbocycles. The van der Waals surface area contributed by atoms with Crippen molar-refractivity contribution >= 4 is 5.82 Å². The van der Waals surface area contributed by atoms with E-state index in [2.05, 4.69) is 11.9 Å². The molecule has 0 aliphatic heterocycles. The van der Waals surface area contributed by atoms with Crippen LogP contribution in [0.1, 0.15) is 25.3 Å². The van der Waals surface area contributed by atoms with Gasteiger partial charge in [0.25, 0.3) is 0 Å². The molecule has 0 unspecified atom stereocenters. The summed E-state index contributed by atoms with van der Waals surface area (Å²) in [5.41, 5.74) is 6.88. The van der Waals surface area contributed by atoms with E-state index in [4.69, 9.17) is 5.73 Å². The molecule has 0 saturated heterocycles. The largest absolute Gasteiger partial charge is 0.385 e. The summed E-state index contributed by atoms with van der Waals surface area (Å²) >= 11 is 0. The first-order valence-corrected chi connectivity index (χ1v) is 3.76. The van der Waals surface area contributed by atoms with Crippen molar-refractivity contribution in [3.05, 3.63) is 17.8 Å². The van der Waals surface area contributed by atoms with E-state index >= 15 is 0 Å². The molecule has 10 heavy (non-hydrogen) atoms. The fourth-order valence-electron chi connectivity index (χ4n) is 1.000. The Hall–Kier alpha value is -0.920. The minimum Gasteiger partial charge on any atom is -0.385 e. The van der Waals surface area contributed by atoms with Crippen LogP contribution in [0.25, 0.3) is 0 Å². The van der Waals surface area contributed by atoms with Crippen LogP contribution in [0.15, 0.2) is 12.3 Å². The van der Waals surface area contributed by atoms with Gasteiger partial charge in [0.05, 0.1) is 0 Å². The number of aromatic amines is 1. The van der Waals surface area contributed by atoms with E-state index in [1.54, 1.807) is 0 Å². The van der Waals surface area contributed by atoms with Gasteiger partial charge < -0.3 is 10.7 Å². The predicted octanol–water partition coefficient (Wildman–Crippen LogP) is 1.94. The smallest absolute Gasteiger partial charge is 0.103 e. The number of unbranched alkanes of at least 4 members (excludes halogenated alkanes) is 1. The molecule has 0 saturated carbocycles. The highest BCUT2D eigenvalue weighted by Crippen LogP contribution is 2.11. The first kappa shape index (κ1) is 7.19. The SMILES string of the molecule is CCCCc1cc[nH]c1N. The Morgan fingerprint density at radius 3 is 2.90 bits per heavy atom. The van der Waals surface area contributed by atoms with E-state index < -0.39 is 0 Å². The normalized spacial score (nSPS) is 10.1. The number of H-pyrrole nitrogens is 1. The van der Waals surface area contributed by atoms with Crippen LogP contribution >= 0.6 is 0 Å². The number of aryl methyl sites for hydroxylation is 1. The van der Waals surface area contributed by atoms with Crippen molar-refractivity contribution in [2.24, 2.45) is 0 Å². The van der Waals surface area contributed by atoms with Crippen molar-refractivity contribution < 1.29 is 0 Å².